The quantitative estimate of drug-likeness (QED) is 0.463. The highest BCUT2D eigenvalue weighted by atomic mass is 16.2. The SMILES string of the molecule is O=C(Cc1n[nH]c(=O)[nH]c1=O)NN=Cc1ccncc1. The molecule has 0 spiro atoms. The van der Waals surface area contributed by atoms with Gasteiger partial charge < -0.3 is 0 Å². The van der Waals surface area contributed by atoms with Crippen LogP contribution in [0.3, 0.4) is 0 Å². The molecule has 0 aliphatic carbocycles. The van der Waals surface area contributed by atoms with Gasteiger partial charge in [0, 0.05) is 12.4 Å². The highest BCUT2D eigenvalue weighted by molar-refractivity contribution is 5.82. The predicted molar refractivity (Wildman–Crippen MR) is 69.2 cm³/mol. The van der Waals surface area contributed by atoms with E-state index in [1.54, 1.807) is 24.5 Å². The fraction of sp³-hybridized carbons (Fsp3) is 0.0909. The van der Waals surface area contributed by atoms with Crippen molar-refractivity contribution in [2.75, 3.05) is 0 Å². The van der Waals surface area contributed by atoms with Crippen LogP contribution in [0.25, 0.3) is 0 Å². The van der Waals surface area contributed by atoms with Gasteiger partial charge in [0.2, 0.25) is 5.91 Å². The van der Waals surface area contributed by atoms with Crippen molar-refractivity contribution in [3.05, 3.63) is 56.6 Å². The zero-order valence-electron chi connectivity index (χ0n) is 10.2. The first-order valence-corrected chi connectivity index (χ1v) is 5.55. The molecule has 0 fully saturated rings. The summed E-state index contributed by atoms with van der Waals surface area (Å²) in [6.45, 7) is 0. The molecule has 2 heterocycles. The first kappa shape index (κ1) is 13.3. The number of carbonyl (C=O) groups is 1. The van der Waals surface area contributed by atoms with Crippen molar-refractivity contribution in [1.29, 1.82) is 0 Å². The molecule has 0 bridgehead atoms. The molecule has 0 aliphatic rings. The van der Waals surface area contributed by atoms with Crippen molar-refractivity contribution >= 4 is 12.1 Å². The van der Waals surface area contributed by atoms with Gasteiger partial charge in [-0.1, -0.05) is 0 Å². The Hall–Kier alpha value is -3.10. The third-order valence-corrected chi connectivity index (χ3v) is 2.22. The van der Waals surface area contributed by atoms with E-state index in [0.29, 0.717) is 0 Å². The number of nitrogens with zero attached hydrogens (tertiary/aromatic N) is 3. The van der Waals surface area contributed by atoms with Crippen LogP contribution in [0.4, 0.5) is 0 Å². The number of hydrazone groups is 1. The van der Waals surface area contributed by atoms with Crippen molar-refractivity contribution in [3.63, 3.8) is 0 Å². The Morgan fingerprint density at radius 3 is 2.80 bits per heavy atom. The third kappa shape index (κ3) is 3.70. The van der Waals surface area contributed by atoms with Crippen LogP contribution >= 0.6 is 0 Å². The van der Waals surface area contributed by atoms with E-state index in [2.05, 4.69) is 20.6 Å². The maximum Gasteiger partial charge on any atom is 0.342 e. The van der Waals surface area contributed by atoms with Gasteiger partial charge in [0.05, 0.1) is 12.6 Å². The van der Waals surface area contributed by atoms with Crippen LogP contribution in [-0.4, -0.2) is 32.3 Å². The molecule has 0 saturated carbocycles. The van der Waals surface area contributed by atoms with Gasteiger partial charge in [-0.2, -0.15) is 10.2 Å². The Morgan fingerprint density at radius 2 is 2.10 bits per heavy atom. The summed E-state index contributed by atoms with van der Waals surface area (Å²) in [7, 11) is 0. The fourth-order valence-electron chi connectivity index (χ4n) is 1.31. The third-order valence-electron chi connectivity index (χ3n) is 2.22. The zero-order chi connectivity index (χ0) is 14.4. The number of aromatic nitrogens is 4. The van der Waals surface area contributed by atoms with Crippen molar-refractivity contribution < 1.29 is 4.79 Å². The van der Waals surface area contributed by atoms with E-state index in [-0.39, 0.29) is 12.1 Å². The molecule has 2 rings (SSSR count). The molecule has 1 amide bonds. The lowest BCUT2D eigenvalue weighted by Crippen LogP contribution is -2.31. The lowest BCUT2D eigenvalue weighted by Gasteiger charge is -1.98. The number of hydrogen-bond acceptors (Lipinski definition) is 6. The van der Waals surface area contributed by atoms with Crippen LogP contribution in [-0.2, 0) is 11.2 Å². The molecule has 0 atom stereocenters. The number of H-pyrrole nitrogens is 2. The smallest absolute Gasteiger partial charge is 0.273 e. The summed E-state index contributed by atoms with van der Waals surface area (Å²) in [5.41, 5.74) is 1.48. The van der Waals surface area contributed by atoms with Crippen LogP contribution < -0.4 is 16.7 Å². The molecule has 2 aromatic heterocycles. The molecule has 0 unspecified atom stereocenters. The van der Waals surface area contributed by atoms with Gasteiger partial charge in [0.25, 0.3) is 5.56 Å². The lowest BCUT2D eigenvalue weighted by atomic mass is 10.3. The normalized spacial score (nSPS) is 10.6. The maximum absolute atomic E-state index is 11.5. The Bertz CT molecular complexity index is 734. The summed E-state index contributed by atoms with van der Waals surface area (Å²) in [6.07, 6.45) is 4.32. The average Bonchev–Trinajstić information content (AvgIpc) is 2.43. The van der Waals surface area contributed by atoms with E-state index in [1.165, 1.54) is 6.21 Å². The van der Waals surface area contributed by atoms with Crippen LogP contribution in [0.5, 0.6) is 0 Å². The van der Waals surface area contributed by atoms with Crippen LogP contribution in [0.2, 0.25) is 0 Å². The van der Waals surface area contributed by atoms with Crippen molar-refractivity contribution in [2.45, 2.75) is 6.42 Å². The number of aromatic amines is 2. The lowest BCUT2D eigenvalue weighted by molar-refractivity contribution is -0.120. The minimum atomic E-state index is -0.727. The van der Waals surface area contributed by atoms with Crippen LogP contribution in [0.1, 0.15) is 11.3 Å². The van der Waals surface area contributed by atoms with Gasteiger partial charge in [-0.15, -0.1) is 0 Å². The molecule has 3 N–H and O–H groups in total. The van der Waals surface area contributed by atoms with Gasteiger partial charge in [0.1, 0.15) is 5.69 Å². The Balaban J connectivity index is 1.94. The second-order valence-electron chi connectivity index (χ2n) is 3.70. The summed E-state index contributed by atoms with van der Waals surface area (Å²) < 4.78 is 0. The molecule has 0 aliphatic heterocycles. The van der Waals surface area contributed by atoms with Crippen LogP contribution in [0, 0.1) is 0 Å². The summed E-state index contributed by atoms with van der Waals surface area (Å²) in [6, 6.07) is 3.42. The number of amides is 1. The number of hydrogen-bond donors (Lipinski definition) is 3. The first-order valence-electron chi connectivity index (χ1n) is 5.55. The number of carbonyl (C=O) groups excluding carboxylic acids is 1. The van der Waals surface area contributed by atoms with Crippen molar-refractivity contribution in [3.8, 4) is 0 Å². The topological polar surface area (TPSA) is 133 Å². The molecular formula is C11H10N6O3. The summed E-state index contributed by atoms with van der Waals surface area (Å²) >= 11 is 0. The fourth-order valence-corrected chi connectivity index (χ4v) is 1.31. The Morgan fingerprint density at radius 1 is 1.35 bits per heavy atom. The maximum atomic E-state index is 11.5. The molecule has 0 aromatic carbocycles. The van der Waals surface area contributed by atoms with E-state index >= 15 is 0 Å². The largest absolute Gasteiger partial charge is 0.342 e. The zero-order valence-corrected chi connectivity index (χ0v) is 10.2. The molecule has 0 radical (unpaired) electrons. The highest BCUT2D eigenvalue weighted by Crippen LogP contribution is 1.90. The van der Waals surface area contributed by atoms with Crippen molar-refractivity contribution in [1.82, 2.24) is 25.6 Å². The molecule has 9 nitrogen and oxygen atoms in total. The van der Waals surface area contributed by atoms with E-state index in [0.717, 1.165) is 5.56 Å². The molecular weight excluding hydrogens is 264 g/mol. The number of nitrogens with one attached hydrogen (secondary N) is 3. The number of pyridine rings is 1. The number of rotatable bonds is 4. The second kappa shape index (κ2) is 6.18. The summed E-state index contributed by atoms with van der Waals surface area (Å²) in [5, 5.41) is 9.24. The van der Waals surface area contributed by atoms with Crippen molar-refractivity contribution in [2.24, 2.45) is 5.10 Å². The van der Waals surface area contributed by atoms with Gasteiger partial charge in [0.15, 0.2) is 0 Å². The van der Waals surface area contributed by atoms with E-state index in [1.807, 2.05) is 10.1 Å². The van der Waals surface area contributed by atoms with Gasteiger partial charge in [-0.05, 0) is 17.7 Å². The van der Waals surface area contributed by atoms with Gasteiger partial charge in [-0.3, -0.25) is 19.6 Å². The van der Waals surface area contributed by atoms with E-state index < -0.39 is 17.2 Å². The Labute approximate surface area is 111 Å². The summed E-state index contributed by atoms with van der Waals surface area (Å²) in [4.78, 5) is 39.4. The van der Waals surface area contributed by atoms with E-state index in [9.17, 15) is 14.4 Å². The average molecular weight is 274 g/mol. The highest BCUT2D eigenvalue weighted by Gasteiger charge is 2.08. The monoisotopic (exact) mass is 274 g/mol. The molecule has 2 aromatic rings. The minimum absolute atomic E-state index is 0.0961. The molecule has 102 valence electrons. The minimum Gasteiger partial charge on any atom is -0.273 e. The molecule has 9 heteroatoms. The Kier molecular flexibility index (Phi) is 4.12. The van der Waals surface area contributed by atoms with Gasteiger partial charge >= 0.3 is 5.69 Å². The predicted octanol–water partition coefficient (Wildman–Crippen LogP) is -1.45. The van der Waals surface area contributed by atoms with E-state index in [4.69, 9.17) is 0 Å². The van der Waals surface area contributed by atoms with Crippen LogP contribution in [0.15, 0.2) is 39.2 Å². The standard InChI is InChI=1S/C11H10N6O3/c18-9(5-8-10(19)14-11(20)17-15-8)16-13-6-7-1-3-12-4-2-7/h1-4,6H,5H2,(H,16,18)(H2,14,17,19,20). The molecule has 20 heavy (non-hydrogen) atoms. The molecule has 0 saturated heterocycles. The second-order valence-corrected chi connectivity index (χ2v) is 3.70. The van der Waals surface area contributed by atoms with Gasteiger partial charge in [-0.25, -0.2) is 15.3 Å². The summed E-state index contributed by atoms with van der Waals surface area (Å²) in [5.74, 6) is -0.527. The first-order chi connectivity index (χ1) is 9.65.